The summed E-state index contributed by atoms with van der Waals surface area (Å²) in [4.78, 5) is 0. The summed E-state index contributed by atoms with van der Waals surface area (Å²) < 4.78 is 13.1. The third-order valence-electron chi connectivity index (χ3n) is 2.55. The number of nitrogens with one attached hydrogen (secondary N) is 1. The molecule has 96 valence electrons. The van der Waals surface area contributed by atoms with E-state index in [0.717, 1.165) is 18.5 Å². The minimum Gasteiger partial charge on any atom is -0.313 e. The molecule has 17 heavy (non-hydrogen) atoms. The standard InChI is InChI=1S/C13H19ClFNS/c1-17-9-4-2-3-8-16-10-11-6-5-7-12(15)13(11)14/h5-7,16H,2-4,8-10H2,1H3. The maximum Gasteiger partial charge on any atom is 0.142 e. The molecule has 1 rings (SSSR count). The summed E-state index contributed by atoms with van der Waals surface area (Å²) in [7, 11) is 0. The highest BCUT2D eigenvalue weighted by molar-refractivity contribution is 7.98. The Labute approximate surface area is 112 Å². The van der Waals surface area contributed by atoms with Crippen LogP contribution in [0.5, 0.6) is 0 Å². The van der Waals surface area contributed by atoms with Gasteiger partial charge in [-0.3, -0.25) is 0 Å². The summed E-state index contributed by atoms with van der Waals surface area (Å²) in [6.07, 6.45) is 5.80. The Kier molecular flexibility index (Phi) is 7.65. The number of halogens is 2. The fraction of sp³-hybridized carbons (Fsp3) is 0.538. The Morgan fingerprint density at radius 1 is 1.29 bits per heavy atom. The molecular weight excluding hydrogens is 257 g/mol. The smallest absolute Gasteiger partial charge is 0.142 e. The van der Waals surface area contributed by atoms with E-state index in [1.807, 2.05) is 17.8 Å². The molecule has 1 aromatic rings. The topological polar surface area (TPSA) is 12.0 Å². The van der Waals surface area contributed by atoms with Crippen molar-refractivity contribution in [3.63, 3.8) is 0 Å². The van der Waals surface area contributed by atoms with Gasteiger partial charge >= 0.3 is 0 Å². The summed E-state index contributed by atoms with van der Waals surface area (Å²) >= 11 is 7.74. The lowest BCUT2D eigenvalue weighted by atomic mass is 10.2. The molecule has 0 saturated carbocycles. The van der Waals surface area contributed by atoms with Gasteiger partial charge in [-0.25, -0.2) is 4.39 Å². The van der Waals surface area contributed by atoms with E-state index in [4.69, 9.17) is 11.6 Å². The molecule has 0 saturated heterocycles. The zero-order chi connectivity index (χ0) is 12.5. The third kappa shape index (κ3) is 5.75. The van der Waals surface area contributed by atoms with Crippen molar-refractivity contribution in [2.24, 2.45) is 0 Å². The normalized spacial score (nSPS) is 10.8. The number of rotatable bonds is 8. The first-order valence-corrected chi connectivity index (χ1v) is 7.65. The molecule has 4 heteroatoms. The molecule has 0 fully saturated rings. The molecule has 0 unspecified atom stereocenters. The predicted molar refractivity (Wildman–Crippen MR) is 75.3 cm³/mol. The van der Waals surface area contributed by atoms with Crippen LogP contribution >= 0.6 is 23.4 Å². The SMILES string of the molecule is CSCCCCCNCc1cccc(F)c1Cl. The van der Waals surface area contributed by atoms with Crippen molar-refractivity contribution in [3.8, 4) is 0 Å². The van der Waals surface area contributed by atoms with Crippen molar-refractivity contribution in [2.45, 2.75) is 25.8 Å². The second-order valence-electron chi connectivity index (χ2n) is 3.94. The summed E-state index contributed by atoms with van der Waals surface area (Å²) in [6, 6.07) is 4.93. The average Bonchev–Trinajstić information content (AvgIpc) is 2.33. The van der Waals surface area contributed by atoms with Gasteiger partial charge in [0.15, 0.2) is 0 Å². The Morgan fingerprint density at radius 2 is 2.12 bits per heavy atom. The molecule has 0 aliphatic rings. The summed E-state index contributed by atoms with van der Waals surface area (Å²) in [5, 5.41) is 3.53. The minimum atomic E-state index is -0.342. The average molecular weight is 276 g/mol. The molecule has 0 amide bonds. The molecule has 0 spiro atoms. The molecule has 1 N–H and O–H groups in total. The van der Waals surface area contributed by atoms with Gasteiger partial charge in [0.1, 0.15) is 5.82 Å². The highest BCUT2D eigenvalue weighted by atomic mass is 35.5. The maximum absolute atomic E-state index is 13.1. The summed E-state index contributed by atoms with van der Waals surface area (Å²) in [5.74, 6) is 0.890. The van der Waals surface area contributed by atoms with E-state index in [1.54, 1.807) is 6.07 Å². The van der Waals surface area contributed by atoms with Gasteiger partial charge in [0.2, 0.25) is 0 Å². The molecule has 0 radical (unpaired) electrons. The van der Waals surface area contributed by atoms with Crippen molar-refractivity contribution in [2.75, 3.05) is 18.6 Å². The van der Waals surface area contributed by atoms with Gasteiger partial charge in [0.05, 0.1) is 5.02 Å². The second kappa shape index (κ2) is 8.78. The number of benzene rings is 1. The van der Waals surface area contributed by atoms with Crippen LogP contribution in [0.15, 0.2) is 18.2 Å². The number of unbranched alkanes of at least 4 members (excludes halogenated alkanes) is 2. The van der Waals surface area contributed by atoms with Crippen LogP contribution in [0.3, 0.4) is 0 Å². The van der Waals surface area contributed by atoms with E-state index in [-0.39, 0.29) is 10.8 Å². The van der Waals surface area contributed by atoms with Crippen LogP contribution in [0.4, 0.5) is 4.39 Å². The Balaban J connectivity index is 2.16. The fourth-order valence-electron chi connectivity index (χ4n) is 1.58. The van der Waals surface area contributed by atoms with Gasteiger partial charge in [-0.2, -0.15) is 11.8 Å². The van der Waals surface area contributed by atoms with Gasteiger partial charge < -0.3 is 5.32 Å². The molecule has 0 aliphatic heterocycles. The molecule has 0 aliphatic carbocycles. The van der Waals surface area contributed by atoms with Gasteiger partial charge in [0.25, 0.3) is 0 Å². The lowest BCUT2D eigenvalue weighted by molar-refractivity contribution is 0.606. The van der Waals surface area contributed by atoms with Crippen molar-refractivity contribution in [1.82, 2.24) is 5.32 Å². The quantitative estimate of drug-likeness (QED) is 0.717. The lowest BCUT2D eigenvalue weighted by Gasteiger charge is -2.07. The zero-order valence-corrected chi connectivity index (χ0v) is 11.7. The number of thioether (sulfide) groups is 1. The van der Waals surface area contributed by atoms with E-state index in [9.17, 15) is 4.39 Å². The largest absolute Gasteiger partial charge is 0.313 e. The van der Waals surface area contributed by atoms with Crippen LogP contribution < -0.4 is 5.32 Å². The van der Waals surface area contributed by atoms with Crippen molar-refractivity contribution in [3.05, 3.63) is 34.6 Å². The van der Waals surface area contributed by atoms with E-state index in [0.29, 0.717) is 6.54 Å². The van der Waals surface area contributed by atoms with Gasteiger partial charge in [-0.15, -0.1) is 0 Å². The van der Waals surface area contributed by atoms with Crippen LogP contribution in [0.25, 0.3) is 0 Å². The predicted octanol–water partition coefficient (Wildman–Crippen LogP) is 4.10. The van der Waals surface area contributed by atoms with Gasteiger partial charge in [0, 0.05) is 6.54 Å². The molecule has 0 atom stereocenters. The van der Waals surface area contributed by atoms with Crippen LogP contribution in [0.2, 0.25) is 5.02 Å². The lowest BCUT2D eigenvalue weighted by Crippen LogP contribution is -2.15. The molecule has 1 aromatic carbocycles. The van der Waals surface area contributed by atoms with Crippen LogP contribution in [-0.4, -0.2) is 18.6 Å². The van der Waals surface area contributed by atoms with Crippen molar-refractivity contribution in [1.29, 1.82) is 0 Å². The molecule has 0 aromatic heterocycles. The summed E-state index contributed by atoms with van der Waals surface area (Å²) in [6.45, 7) is 1.60. The highest BCUT2D eigenvalue weighted by Gasteiger charge is 2.04. The Bertz CT molecular complexity index is 333. The Morgan fingerprint density at radius 3 is 2.88 bits per heavy atom. The zero-order valence-electron chi connectivity index (χ0n) is 10.1. The van der Waals surface area contributed by atoms with Gasteiger partial charge in [-0.05, 0) is 43.0 Å². The fourth-order valence-corrected chi connectivity index (χ4v) is 2.27. The van der Waals surface area contributed by atoms with Crippen LogP contribution in [-0.2, 0) is 6.54 Å². The van der Waals surface area contributed by atoms with Crippen molar-refractivity contribution < 1.29 is 4.39 Å². The third-order valence-corrected chi connectivity index (χ3v) is 3.67. The van der Waals surface area contributed by atoms with E-state index >= 15 is 0 Å². The number of hydrogen-bond acceptors (Lipinski definition) is 2. The Hall–Kier alpha value is -0.250. The maximum atomic E-state index is 13.1. The van der Waals surface area contributed by atoms with E-state index in [2.05, 4.69) is 11.6 Å². The molecule has 0 heterocycles. The number of hydrogen-bond donors (Lipinski definition) is 1. The van der Waals surface area contributed by atoms with Crippen LogP contribution in [0, 0.1) is 5.82 Å². The molecule has 1 nitrogen and oxygen atoms in total. The monoisotopic (exact) mass is 275 g/mol. The first-order chi connectivity index (χ1) is 8.25. The van der Waals surface area contributed by atoms with Gasteiger partial charge in [-0.1, -0.05) is 30.2 Å². The second-order valence-corrected chi connectivity index (χ2v) is 5.31. The van der Waals surface area contributed by atoms with Crippen molar-refractivity contribution >= 4 is 23.4 Å². The van der Waals surface area contributed by atoms with E-state index < -0.39 is 0 Å². The summed E-state index contributed by atoms with van der Waals surface area (Å²) in [5.41, 5.74) is 0.829. The highest BCUT2D eigenvalue weighted by Crippen LogP contribution is 2.19. The van der Waals surface area contributed by atoms with Crippen LogP contribution in [0.1, 0.15) is 24.8 Å². The molecular formula is C13H19ClFNS. The minimum absolute atomic E-state index is 0.238. The molecule has 0 bridgehead atoms. The first-order valence-electron chi connectivity index (χ1n) is 5.88. The van der Waals surface area contributed by atoms with E-state index in [1.165, 1.54) is 24.7 Å². The first kappa shape index (κ1) is 14.8.